The van der Waals surface area contributed by atoms with Crippen LogP contribution in [0.3, 0.4) is 0 Å². The van der Waals surface area contributed by atoms with Crippen molar-refractivity contribution in [1.82, 2.24) is 0 Å². The first kappa shape index (κ1) is 5.67. The fourth-order valence-corrected chi connectivity index (χ4v) is 5.96. The zero-order chi connectivity index (χ0) is 5.33. The molecule has 0 radical (unpaired) electrons. The van der Waals surface area contributed by atoms with Gasteiger partial charge in [0, 0.05) is 0 Å². The average Bonchev–Trinajstić information content (AvgIpc) is 1.84. The average molecular weight is 203 g/mol. The van der Waals surface area contributed by atoms with Gasteiger partial charge >= 0.3 is 49.3 Å². The van der Waals surface area contributed by atoms with Gasteiger partial charge in [0.15, 0.2) is 0 Å². The van der Waals surface area contributed by atoms with Crippen LogP contribution < -0.4 is 0 Å². The van der Waals surface area contributed by atoms with Gasteiger partial charge in [-0.25, -0.2) is 0 Å². The van der Waals surface area contributed by atoms with Crippen LogP contribution in [0.15, 0.2) is 12.2 Å². The molecular weight excluding hydrogens is 191 g/mol. The van der Waals surface area contributed by atoms with Crippen LogP contribution in [0, 0.1) is 0 Å². The van der Waals surface area contributed by atoms with E-state index in [0.29, 0.717) is 0 Å². The minimum atomic E-state index is -1.28. The topological polar surface area (TPSA) is 0 Å². The molecule has 0 amide bonds. The SMILES string of the molecule is [CH3][Sn]1([CH3])[CH2]C=C[CH2]1. The van der Waals surface area contributed by atoms with E-state index in [4.69, 9.17) is 0 Å². The summed E-state index contributed by atoms with van der Waals surface area (Å²) in [4.78, 5) is 5.02. The summed E-state index contributed by atoms with van der Waals surface area (Å²) in [5, 5.41) is 0. The molecule has 0 spiro atoms. The van der Waals surface area contributed by atoms with Crippen LogP contribution in [-0.2, 0) is 0 Å². The van der Waals surface area contributed by atoms with Gasteiger partial charge in [0.25, 0.3) is 0 Å². The van der Waals surface area contributed by atoms with E-state index in [1.807, 2.05) is 0 Å². The number of rotatable bonds is 0. The summed E-state index contributed by atoms with van der Waals surface area (Å²) in [6, 6.07) is 0. The van der Waals surface area contributed by atoms with Crippen molar-refractivity contribution in [3.05, 3.63) is 12.2 Å². The Morgan fingerprint density at radius 3 is 1.71 bits per heavy atom. The first-order valence-corrected chi connectivity index (χ1v) is 12.6. The molecule has 0 unspecified atom stereocenters. The Labute approximate surface area is 49.5 Å². The van der Waals surface area contributed by atoms with Crippen molar-refractivity contribution in [2.75, 3.05) is 0 Å². The van der Waals surface area contributed by atoms with Gasteiger partial charge in [0.05, 0.1) is 0 Å². The van der Waals surface area contributed by atoms with E-state index < -0.39 is 18.4 Å². The Hall–Kier alpha value is 0.539. The van der Waals surface area contributed by atoms with Gasteiger partial charge in [-0.1, -0.05) is 0 Å². The van der Waals surface area contributed by atoms with Crippen molar-refractivity contribution >= 4 is 18.4 Å². The van der Waals surface area contributed by atoms with Crippen molar-refractivity contribution in [1.29, 1.82) is 0 Å². The molecule has 0 fully saturated rings. The first-order valence-electron chi connectivity index (χ1n) is 2.86. The molecule has 0 aromatic carbocycles. The molecule has 0 saturated heterocycles. The predicted octanol–water partition coefficient (Wildman–Crippen LogP) is 2.26. The molecule has 7 heavy (non-hydrogen) atoms. The van der Waals surface area contributed by atoms with E-state index in [9.17, 15) is 0 Å². The van der Waals surface area contributed by atoms with E-state index in [-0.39, 0.29) is 0 Å². The summed E-state index contributed by atoms with van der Waals surface area (Å²) >= 11 is -1.28. The monoisotopic (exact) mass is 204 g/mol. The molecule has 0 aromatic rings. The molecule has 0 bridgehead atoms. The van der Waals surface area contributed by atoms with Gasteiger partial charge in [-0.3, -0.25) is 0 Å². The summed E-state index contributed by atoms with van der Waals surface area (Å²) in [6.07, 6.45) is 4.71. The zero-order valence-corrected chi connectivity index (χ0v) is 7.92. The van der Waals surface area contributed by atoms with Gasteiger partial charge in [-0.15, -0.1) is 0 Å². The second-order valence-corrected chi connectivity index (χ2v) is 17.7. The van der Waals surface area contributed by atoms with Crippen LogP contribution in [0.1, 0.15) is 0 Å². The fraction of sp³-hybridized carbons (Fsp3) is 0.667. The Kier molecular flexibility index (Phi) is 1.46. The molecule has 1 aliphatic heterocycles. The summed E-state index contributed by atoms with van der Waals surface area (Å²) < 4.78 is 2.96. The predicted molar refractivity (Wildman–Crippen MR) is 36.2 cm³/mol. The maximum absolute atomic E-state index is 2.51. The Morgan fingerprint density at radius 1 is 1.14 bits per heavy atom. The fourth-order valence-electron chi connectivity index (χ4n) is 0.888. The second kappa shape index (κ2) is 1.81. The van der Waals surface area contributed by atoms with E-state index in [1.54, 1.807) is 0 Å². The summed E-state index contributed by atoms with van der Waals surface area (Å²) in [6.45, 7) is 0. The number of hydrogen-bond donors (Lipinski definition) is 0. The van der Waals surface area contributed by atoms with Crippen molar-refractivity contribution in [2.24, 2.45) is 0 Å². The summed E-state index contributed by atoms with van der Waals surface area (Å²) in [5.74, 6) is 0. The van der Waals surface area contributed by atoms with Gasteiger partial charge in [-0.05, 0) is 0 Å². The zero-order valence-electron chi connectivity index (χ0n) is 5.07. The third-order valence-corrected chi connectivity index (χ3v) is 9.16. The molecule has 0 nitrogen and oxygen atoms in total. The molecule has 0 aliphatic carbocycles. The third-order valence-electron chi connectivity index (χ3n) is 1.51. The molecule has 1 aliphatic rings. The molecular formula is C6H12Sn. The number of allylic oxidation sites excluding steroid dienone is 2. The minimum absolute atomic E-state index is 1.28. The van der Waals surface area contributed by atoms with Crippen LogP contribution >= 0.6 is 0 Å². The standard InChI is InChI=1S/C4H6.2CH3.Sn/c1-3-4-2;;;/h3-4H,1-2H2;2*1H3;. The van der Waals surface area contributed by atoms with Gasteiger partial charge in [0.1, 0.15) is 0 Å². The van der Waals surface area contributed by atoms with Crippen LogP contribution in [-0.4, -0.2) is 18.4 Å². The molecule has 1 rings (SSSR count). The number of hydrogen-bond acceptors (Lipinski definition) is 0. The second-order valence-electron chi connectivity index (χ2n) is 3.04. The summed E-state index contributed by atoms with van der Waals surface area (Å²) in [7, 11) is 0. The Balaban J connectivity index is 2.49. The third kappa shape index (κ3) is 1.48. The molecule has 0 atom stereocenters. The van der Waals surface area contributed by atoms with E-state index in [1.165, 1.54) is 8.87 Å². The van der Waals surface area contributed by atoms with Crippen molar-refractivity contribution in [3.63, 3.8) is 0 Å². The summed E-state index contributed by atoms with van der Waals surface area (Å²) in [5.41, 5.74) is 0. The van der Waals surface area contributed by atoms with Crippen molar-refractivity contribution in [2.45, 2.75) is 18.8 Å². The van der Waals surface area contributed by atoms with Crippen molar-refractivity contribution < 1.29 is 0 Å². The van der Waals surface area contributed by atoms with Crippen LogP contribution in [0.4, 0.5) is 0 Å². The van der Waals surface area contributed by atoms with Crippen LogP contribution in [0.25, 0.3) is 0 Å². The molecule has 0 aromatic heterocycles. The van der Waals surface area contributed by atoms with Crippen LogP contribution in [0.2, 0.25) is 18.8 Å². The quantitative estimate of drug-likeness (QED) is 0.418. The van der Waals surface area contributed by atoms with Gasteiger partial charge < -0.3 is 0 Å². The maximum atomic E-state index is 2.51. The van der Waals surface area contributed by atoms with E-state index in [0.717, 1.165) is 0 Å². The molecule has 0 N–H and O–H groups in total. The Bertz CT molecular complexity index is 82.4. The molecule has 0 saturated carbocycles. The first-order chi connectivity index (χ1) is 3.21. The van der Waals surface area contributed by atoms with Gasteiger partial charge in [0.2, 0.25) is 0 Å². The van der Waals surface area contributed by atoms with E-state index >= 15 is 0 Å². The molecule has 40 valence electrons. The van der Waals surface area contributed by atoms with Crippen LogP contribution in [0.5, 0.6) is 0 Å². The molecule has 1 heterocycles. The van der Waals surface area contributed by atoms with E-state index in [2.05, 4.69) is 22.0 Å². The van der Waals surface area contributed by atoms with Gasteiger partial charge in [-0.2, -0.15) is 0 Å². The molecule has 1 heteroatoms. The Morgan fingerprint density at radius 2 is 1.57 bits per heavy atom. The normalized spacial score (nSPS) is 26.0. The van der Waals surface area contributed by atoms with Crippen molar-refractivity contribution in [3.8, 4) is 0 Å².